The van der Waals surface area contributed by atoms with Crippen LogP contribution in [0.1, 0.15) is 58.6 Å². The number of hydrogen-bond donors (Lipinski definition) is 0. The minimum Gasteiger partial charge on any atom is -0.166 e. The molecule has 0 aromatic heterocycles. The number of halogens is 3. The minimum atomic E-state index is -4.26. The molecule has 1 aromatic rings. The van der Waals surface area contributed by atoms with Crippen LogP contribution in [-0.2, 0) is 12.6 Å². The van der Waals surface area contributed by atoms with Crippen molar-refractivity contribution in [3.63, 3.8) is 0 Å². The lowest BCUT2D eigenvalue weighted by atomic mass is 9.87. The first-order valence-electron chi connectivity index (χ1n) is 8.56. The van der Waals surface area contributed by atoms with Gasteiger partial charge in [0.15, 0.2) is 0 Å². The first-order valence-corrected chi connectivity index (χ1v) is 8.56. The maximum atomic E-state index is 12.6. The zero-order valence-corrected chi connectivity index (χ0v) is 15.4. The average molecular weight is 338 g/mol. The highest BCUT2D eigenvalue weighted by molar-refractivity contribution is 5.25. The Hall–Kier alpha value is -1.51. The predicted octanol–water partition coefficient (Wildman–Crippen LogP) is 7.21. The molecule has 0 aliphatic carbocycles. The van der Waals surface area contributed by atoms with Crippen molar-refractivity contribution in [1.82, 2.24) is 0 Å². The second kappa shape index (κ2) is 9.10. The summed E-state index contributed by atoms with van der Waals surface area (Å²) in [7, 11) is 0. The Morgan fingerprint density at radius 1 is 1.04 bits per heavy atom. The monoisotopic (exact) mass is 338 g/mol. The van der Waals surface area contributed by atoms with Crippen molar-refractivity contribution >= 4 is 0 Å². The van der Waals surface area contributed by atoms with Crippen LogP contribution in [0, 0.1) is 11.8 Å². The second-order valence-corrected chi connectivity index (χ2v) is 7.07. The van der Waals surface area contributed by atoms with Crippen molar-refractivity contribution in [2.45, 2.75) is 60.1 Å². The van der Waals surface area contributed by atoms with Gasteiger partial charge in [-0.2, -0.15) is 13.2 Å². The fourth-order valence-electron chi connectivity index (χ4n) is 2.67. The molecule has 0 N–H and O–H groups in total. The normalized spacial score (nSPS) is 15.1. The van der Waals surface area contributed by atoms with Crippen LogP contribution in [0.25, 0.3) is 0 Å². The van der Waals surface area contributed by atoms with Crippen molar-refractivity contribution in [1.29, 1.82) is 0 Å². The number of allylic oxidation sites excluding steroid dienone is 4. The van der Waals surface area contributed by atoms with Gasteiger partial charge in [-0.1, -0.05) is 49.3 Å². The summed E-state index contributed by atoms with van der Waals surface area (Å²) < 4.78 is 37.8. The standard InChI is InChI=1S/C21H29F3/c1-15(2)7-6-8-16(3)13-17(4)18(5)14-19-9-11-20(12-10-19)21(22,23)24/h7,9-13,17-18H,6,8,14H2,1-5H3/b16-13+. The van der Waals surface area contributed by atoms with Crippen molar-refractivity contribution in [3.05, 3.63) is 58.7 Å². The van der Waals surface area contributed by atoms with Crippen LogP contribution >= 0.6 is 0 Å². The van der Waals surface area contributed by atoms with Crippen LogP contribution in [0.2, 0.25) is 0 Å². The van der Waals surface area contributed by atoms with Crippen molar-refractivity contribution in [3.8, 4) is 0 Å². The molecule has 0 saturated carbocycles. The Morgan fingerprint density at radius 2 is 1.62 bits per heavy atom. The van der Waals surface area contributed by atoms with Crippen LogP contribution in [-0.4, -0.2) is 0 Å². The van der Waals surface area contributed by atoms with E-state index >= 15 is 0 Å². The highest BCUT2D eigenvalue weighted by Gasteiger charge is 2.29. The molecule has 2 atom stereocenters. The number of benzene rings is 1. The van der Waals surface area contributed by atoms with Gasteiger partial charge in [0.1, 0.15) is 0 Å². The summed E-state index contributed by atoms with van der Waals surface area (Å²) in [5.41, 5.74) is 3.09. The van der Waals surface area contributed by atoms with Crippen LogP contribution < -0.4 is 0 Å². The van der Waals surface area contributed by atoms with E-state index in [0.717, 1.165) is 24.8 Å². The van der Waals surface area contributed by atoms with Gasteiger partial charge in [0.25, 0.3) is 0 Å². The zero-order valence-electron chi connectivity index (χ0n) is 15.4. The quantitative estimate of drug-likeness (QED) is 0.461. The van der Waals surface area contributed by atoms with Gasteiger partial charge in [-0.15, -0.1) is 0 Å². The molecule has 24 heavy (non-hydrogen) atoms. The zero-order chi connectivity index (χ0) is 18.3. The van der Waals surface area contributed by atoms with Crippen LogP contribution in [0.15, 0.2) is 47.6 Å². The van der Waals surface area contributed by atoms with E-state index in [4.69, 9.17) is 0 Å². The fraction of sp³-hybridized carbons (Fsp3) is 0.524. The van der Waals surface area contributed by atoms with E-state index in [9.17, 15) is 13.2 Å². The molecule has 0 aliphatic heterocycles. The molecule has 0 nitrogen and oxygen atoms in total. The number of rotatable bonds is 7. The van der Waals surface area contributed by atoms with Crippen molar-refractivity contribution in [2.24, 2.45) is 11.8 Å². The summed E-state index contributed by atoms with van der Waals surface area (Å²) in [6.45, 7) is 10.7. The largest absolute Gasteiger partial charge is 0.416 e. The maximum Gasteiger partial charge on any atom is 0.416 e. The highest BCUT2D eigenvalue weighted by atomic mass is 19.4. The molecule has 0 amide bonds. The summed E-state index contributed by atoms with van der Waals surface area (Å²) in [6.07, 6.45) is 3.19. The molecule has 0 fully saturated rings. The molecule has 2 unspecified atom stereocenters. The second-order valence-electron chi connectivity index (χ2n) is 7.07. The molecule has 0 radical (unpaired) electrons. The minimum absolute atomic E-state index is 0.389. The average Bonchev–Trinajstić information content (AvgIpc) is 2.46. The van der Waals surface area contributed by atoms with E-state index in [-0.39, 0.29) is 0 Å². The topological polar surface area (TPSA) is 0 Å². The lowest BCUT2D eigenvalue weighted by Gasteiger charge is -2.18. The molecule has 0 aliphatic rings. The van der Waals surface area contributed by atoms with Gasteiger partial charge in [0.2, 0.25) is 0 Å². The maximum absolute atomic E-state index is 12.6. The summed E-state index contributed by atoms with van der Waals surface area (Å²) in [5, 5.41) is 0. The molecule has 1 aromatic carbocycles. The van der Waals surface area contributed by atoms with Gasteiger partial charge in [-0.05, 0) is 69.6 Å². The number of alkyl halides is 3. The summed E-state index contributed by atoms with van der Waals surface area (Å²) in [4.78, 5) is 0. The third-order valence-corrected chi connectivity index (χ3v) is 4.38. The third-order valence-electron chi connectivity index (χ3n) is 4.38. The summed E-state index contributed by atoms with van der Waals surface area (Å²) >= 11 is 0. The van der Waals surface area contributed by atoms with E-state index in [1.807, 2.05) is 0 Å². The van der Waals surface area contributed by atoms with Crippen molar-refractivity contribution < 1.29 is 13.2 Å². The van der Waals surface area contributed by atoms with Crippen LogP contribution in [0.4, 0.5) is 13.2 Å². The number of hydrogen-bond acceptors (Lipinski definition) is 0. The Labute approximate surface area is 144 Å². The van der Waals surface area contributed by atoms with Gasteiger partial charge < -0.3 is 0 Å². The van der Waals surface area contributed by atoms with Gasteiger partial charge >= 0.3 is 6.18 Å². The van der Waals surface area contributed by atoms with Crippen molar-refractivity contribution in [2.75, 3.05) is 0 Å². The lowest BCUT2D eigenvalue weighted by molar-refractivity contribution is -0.137. The molecule has 0 saturated heterocycles. The molecule has 0 heterocycles. The fourth-order valence-corrected chi connectivity index (χ4v) is 2.67. The van der Waals surface area contributed by atoms with E-state index in [1.165, 1.54) is 23.3 Å². The smallest absolute Gasteiger partial charge is 0.166 e. The Bertz CT molecular complexity index is 558. The first kappa shape index (κ1) is 20.5. The van der Waals surface area contributed by atoms with E-state index < -0.39 is 11.7 Å². The molecule has 0 spiro atoms. The highest BCUT2D eigenvalue weighted by Crippen LogP contribution is 2.30. The Morgan fingerprint density at radius 3 is 2.12 bits per heavy atom. The van der Waals surface area contributed by atoms with Gasteiger partial charge in [-0.3, -0.25) is 0 Å². The third kappa shape index (κ3) is 7.37. The van der Waals surface area contributed by atoms with E-state index in [2.05, 4.69) is 46.8 Å². The van der Waals surface area contributed by atoms with Gasteiger partial charge in [0.05, 0.1) is 5.56 Å². The van der Waals surface area contributed by atoms with Gasteiger partial charge in [-0.25, -0.2) is 0 Å². The van der Waals surface area contributed by atoms with Crippen LogP contribution in [0.3, 0.4) is 0 Å². The molecule has 134 valence electrons. The van der Waals surface area contributed by atoms with E-state index in [0.29, 0.717) is 11.8 Å². The SMILES string of the molecule is CC(C)=CCC/C(C)=C/C(C)C(C)Cc1ccc(C(F)(F)F)cc1. The lowest BCUT2D eigenvalue weighted by Crippen LogP contribution is -2.10. The Kier molecular flexibility index (Phi) is 7.78. The molecule has 0 bridgehead atoms. The van der Waals surface area contributed by atoms with Crippen LogP contribution in [0.5, 0.6) is 0 Å². The summed E-state index contributed by atoms with van der Waals surface area (Å²) in [6, 6.07) is 5.54. The Balaban J connectivity index is 2.60. The molecule has 1 rings (SSSR count). The predicted molar refractivity (Wildman–Crippen MR) is 95.9 cm³/mol. The van der Waals surface area contributed by atoms with E-state index in [1.54, 1.807) is 12.1 Å². The first-order chi connectivity index (χ1) is 11.1. The molecule has 3 heteroatoms. The molecular weight excluding hydrogens is 309 g/mol. The summed E-state index contributed by atoms with van der Waals surface area (Å²) in [5.74, 6) is 0.791. The molecular formula is C21H29F3. The van der Waals surface area contributed by atoms with Gasteiger partial charge in [0, 0.05) is 0 Å².